The largest absolute Gasteiger partial charge is 0.343 e. The van der Waals surface area contributed by atoms with Crippen LogP contribution in [0.1, 0.15) is 45.0 Å². The molecule has 112 valence electrons. The molecule has 0 fully saturated rings. The van der Waals surface area contributed by atoms with Crippen LogP contribution in [-0.2, 0) is 9.36 Å². The summed E-state index contributed by atoms with van der Waals surface area (Å²) in [7, 11) is -3.50. The quantitative estimate of drug-likeness (QED) is 0.757. The van der Waals surface area contributed by atoms with E-state index >= 15 is 0 Å². The van der Waals surface area contributed by atoms with Gasteiger partial charge in [-0.2, -0.15) is 0 Å². The molecule has 1 amide bonds. The average molecular weight is 297 g/mol. The molecule has 3 atom stereocenters. The third kappa shape index (κ3) is 5.10. The van der Waals surface area contributed by atoms with Crippen LogP contribution in [0.2, 0.25) is 0 Å². The van der Waals surface area contributed by atoms with Gasteiger partial charge >= 0.3 is 0 Å². The number of carbonyl (C=O) groups excluding carboxylic acids is 1. The van der Waals surface area contributed by atoms with Crippen LogP contribution in [0.4, 0.5) is 0 Å². The predicted octanol–water partition coefficient (Wildman–Crippen LogP) is 3.53. The lowest BCUT2D eigenvalue weighted by molar-refractivity contribution is -0.119. The lowest BCUT2D eigenvalue weighted by Crippen LogP contribution is -2.27. The van der Waals surface area contributed by atoms with E-state index in [4.69, 9.17) is 0 Å². The van der Waals surface area contributed by atoms with E-state index in [1.807, 2.05) is 13.0 Å². The molecule has 0 aromatic heterocycles. The first-order valence-corrected chi connectivity index (χ1v) is 8.91. The van der Waals surface area contributed by atoms with E-state index in [1.54, 1.807) is 24.3 Å². The molecular weight excluding hydrogens is 273 g/mol. The van der Waals surface area contributed by atoms with E-state index < -0.39 is 13.2 Å². The Hall–Kier alpha value is -1.12. The second kappa shape index (κ2) is 7.61. The maximum absolute atomic E-state index is 12.7. The zero-order valence-corrected chi connectivity index (χ0v) is 13.3. The first-order valence-electron chi connectivity index (χ1n) is 7.00. The number of nitrogens with one attached hydrogen (secondary N) is 1. The normalized spacial score (nSPS) is 17.0. The van der Waals surface area contributed by atoms with Crippen LogP contribution < -0.4 is 5.32 Å². The number of benzene rings is 1. The maximum atomic E-state index is 12.7. The van der Waals surface area contributed by atoms with Gasteiger partial charge in [0.2, 0.25) is 13.3 Å². The van der Waals surface area contributed by atoms with Gasteiger partial charge in [0.25, 0.3) is 0 Å². The minimum atomic E-state index is -3.50. The van der Waals surface area contributed by atoms with E-state index in [-0.39, 0.29) is 18.0 Å². The summed E-state index contributed by atoms with van der Waals surface area (Å²) in [6.07, 6.45) is 2.12. The SMILES string of the molecule is CCCC(C)CP(=O)(O)C(NC(C)=O)c1ccccc1. The fraction of sp³-hybridized carbons (Fsp3) is 0.533. The molecule has 0 radical (unpaired) electrons. The first kappa shape index (κ1) is 16.9. The summed E-state index contributed by atoms with van der Waals surface area (Å²) in [4.78, 5) is 21.8. The molecule has 0 bridgehead atoms. The summed E-state index contributed by atoms with van der Waals surface area (Å²) >= 11 is 0. The molecule has 0 saturated carbocycles. The van der Waals surface area contributed by atoms with E-state index in [2.05, 4.69) is 12.2 Å². The molecule has 1 aromatic rings. The molecule has 0 heterocycles. The molecule has 1 aromatic carbocycles. The number of hydrogen-bond donors (Lipinski definition) is 2. The fourth-order valence-electron chi connectivity index (χ4n) is 2.38. The van der Waals surface area contributed by atoms with Gasteiger partial charge in [-0.1, -0.05) is 57.0 Å². The minimum absolute atomic E-state index is 0.163. The molecule has 0 saturated heterocycles. The topological polar surface area (TPSA) is 66.4 Å². The summed E-state index contributed by atoms with van der Waals surface area (Å²) < 4.78 is 12.7. The Labute approximate surface area is 121 Å². The smallest absolute Gasteiger partial charge is 0.226 e. The highest BCUT2D eigenvalue weighted by Gasteiger charge is 2.34. The first-order chi connectivity index (χ1) is 9.36. The van der Waals surface area contributed by atoms with Gasteiger partial charge < -0.3 is 10.2 Å². The van der Waals surface area contributed by atoms with Crippen molar-refractivity contribution in [3.63, 3.8) is 0 Å². The molecule has 2 N–H and O–H groups in total. The molecule has 5 heteroatoms. The zero-order valence-electron chi connectivity index (χ0n) is 12.4. The van der Waals surface area contributed by atoms with Gasteiger partial charge in [0, 0.05) is 13.1 Å². The Morgan fingerprint density at radius 3 is 2.45 bits per heavy atom. The molecule has 20 heavy (non-hydrogen) atoms. The van der Waals surface area contributed by atoms with Crippen LogP contribution in [0.5, 0.6) is 0 Å². The monoisotopic (exact) mass is 297 g/mol. The van der Waals surface area contributed by atoms with E-state index in [0.717, 1.165) is 12.8 Å². The molecular formula is C15H24NO3P. The number of hydrogen-bond acceptors (Lipinski definition) is 2. The van der Waals surface area contributed by atoms with Crippen molar-refractivity contribution in [3.05, 3.63) is 35.9 Å². The van der Waals surface area contributed by atoms with Crippen LogP contribution >= 0.6 is 7.37 Å². The van der Waals surface area contributed by atoms with Gasteiger partial charge in [-0.3, -0.25) is 9.36 Å². The fourth-order valence-corrected chi connectivity index (χ4v) is 4.69. The lowest BCUT2D eigenvalue weighted by atomic mass is 10.1. The molecule has 0 aliphatic carbocycles. The van der Waals surface area contributed by atoms with Crippen molar-refractivity contribution in [2.75, 3.05) is 6.16 Å². The Morgan fingerprint density at radius 1 is 1.35 bits per heavy atom. The van der Waals surface area contributed by atoms with Crippen LogP contribution in [0.15, 0.2) is 30.3 Å². The predicted molar refractivity (Wildman–Crippen MR) is 81.8 cm³/mol. The third-order valence-electron chi connectivity index (χ3n) is 3.21. The molecule has 0 spiro atoms. The lowest BCUT2D eigenvalue weighted by Gasteiger charge is -2.26. The zero-order chi connectivity index (χ0) is 15.2. The summed E-state index contributed by atoms with van der Waals surface area (Å²) in [5, 5.41) is 2.63. The Morgan fingerprint density at radius 2 is 1.95 bits per heavy atom. The molecule has 0 aliphatic rings. The maximum Gasteiger partial charge on any atom is 0.226 e. The van der Waals surface area contributed by atoms with Crippen molar-refractivity contribution >= 4 is 13.3 Å². The third-order valence-corrected chi connectivity index (χ3v) is 5.59. The van der Waals surface area contributed by atoms with Crippen molar-refractivity contribution < 1.29 is 14.3 Å². The highest BCUT2D eigenvalue weighted by molar-refractivity contribution is 7.58. The van der Waals surface area contributed by atoms with Crippen molar-refractivity contribution in [2.24, 2.45) is 5.92 Å². The van der Waals surface area contributed by atoms with E-state index in [1.165, 1.54) is 6.92 Å². The van der Waals surface area contributed by atoms with Crippen molar-refractivity contribution in [1.29, 1.82) is 0 Å². The summed E-state index contributed by atoms with van der Waals surface area (Å²) in [5.74, 6) is -0.951. The highest BCUT2D eigenvalue weighted by Crippen LogP contribution is 2.55. The molecule has 1 rings (SSSR count). The molecule has 0 aliphatic heterocycles. The van der Waals surface area contributed by atoms with Crippen LogP contribution in [0, 0.1) is 5.92 Å². The highest BCUT2D eigenvalue weighted by atomic mass is 31.2. The van der Waals surface area contributed by atoms with E-state index in [9.17, 15) is 14.3 Å². The Balaban J connectivity index is 2.98. The number of carbonyl (C=O) groups is 1. The number of amides is 1. The van der Waals surface area contributed by atoms with Crippen molar-refractivity contribution in [2.45, 2.75) is 39.4 Å². The van der Waals surface area contributed by atoms with Gasteiger partial charge in [0.05, 0.1) is 0 Å². The minimum Gasteiger partial charge on any atom is -0.343 e. The standard InChI is InChI=1S/C15H24NO3P/c1-4-8-12(2)11-20(18,19)15(16-13(3)17)14-9-6-5-7-10-14/h5-7,9-10,12,15H,4,8,11H2,1-3H3,(H,16,17)(H,18,19). The Kier molecular flexibility index (Phi) is 6.44. The van der Waals surface area contributed by atoms with Crippen molar-refractivity contribution in [1.82, 2.24) is 5.32 Å². The average Bonchev–Trinajstić information content (AvgIpc) is 2.36. The van der Waals surface area contributed by atoms with Gasteiger partial charge in [0.1, 0.15) is 5.78 Å². The van der Waals surface area contributed by atoms with Crippen LogP contribution in [-0.4, -0.2) is 17.0 Å². The Bertz CT molecular complexity index is 475. The van der Waals surface area contributed by atoms with E-state index in [0.29, 0.717) is 5.56 Å². The van der Waals surface area contributed by atoms with Crippen LogP contribution in [0.25, 0.3) is 0 Å². The second-order valence-electron chi connectivity index (χ2n) is 5.35. The van der Waals surface area contributed by atoms with Crippen molar-refractivity contribution in [3.8, 4) is 0 Å². The van der Waals surface area contributed by atoms with Gasteiger partial charge in [-0.15, -0.1) is 0 Å². The summed E-state index contributed by atoms with van der Waals surface area (Å²) in [6, 6.07) is 9.00. The summed E-state index contributed by atoms with van der Waals surface area (Å²) in [6.45, 7) is 5.40. The molecule has 3 unspecified atom stereocenters. The van der Waals surface area contributed by atoms with Gasteiger partial charge in [-0.25, -0.2) is 0 Å². The van der Waals surface area contributed by atoms with Gasteiger partial charge in [0.15, 0.2) is 0 Å². The van der Waals surface area contributed by atoms with Crippen LogP contribution in [0.3, 0.4) is 0 Å². The number of rotatable bonds is 7. The van der Waals surface area contributed by atoms with Gasteiger partial charge in [-0.05, 0) is 11.5 Å². The molecule has 4 nitrogen and oxygen atoms in total. The second-order valence-corrected chi connectivity index (χ2v) is 7.74. The summed E-state index contributed by atoms with van der Waals surface area (Å²) in [5.41, 5.74) is 0.678.